The van der Waals surface area contributed by atoms with Crippen LogP contribution in [-0.4, -0.2) is 36.8 Å². The van der Waals surface area contributed by atoms with Crippen molar-refractivity contribution < 1.29 is 19.4 Å². The molecule has 4 nitrogen and oxygen atoms in total. The summed E-state index contributed by atoms with van der Waals surface area (Å²) in [6.07, 6.45) is 1.47. The number of unbranched alkanes of at least 4 members (excludes halogenated alkanes) is 1. The average molecular weight is 316 g/mol. The molecule has 0 saturated carbocycles. The molecule has 1 N–H and O–H groups in total. The summed E-state index contributed by atoms with van der Waals surface area (Å²) in [5.41, 5.74) is 0.640. The predicted molar refractivity (Wildman–Crippen MR) is 91.2 cm³/mol. The Morgan fingerprint density at radius 3 is 2.61 bits per heavy atom. The number of benzene rings is 2. The Hall–Kier alpha value is -1.91. The van der Waals surface area contributed by atoms with Crippen molar-refractivity contribution in [1.29, 1.82) is 0 Å². The number of aliphatic hydroxyl groups is 1. The van der Waals surface area contributed by atoms with Gasteiger partial charge in [-0.3, -0.25) is 4.79 Å². The molecular formula is C19H24O4. The molecule has 0 amide bonds. The first-order chi connectivity index (χ1) is 11.1. The Bertz CT molecular complexity index is 649. The molecule has 2 rings (SSSR count). The van der Waals surface area contributed by atoms with Crippen molar-refractivity contribution in [3.05, 3.63) is 42.0 Å². The smallest absolute Gasteiger partial charge is 0.189 e. The first kappa shape index (κ1) is 17.4. The van der Waals surface area contributed by atoms with Crippen LogP contribution >= 0.6 is 0 Å². The topological polar surface area (TPSA) is 55.8 Å². The number of rotatable bonds is 9. The van der Waals surface area contributed by atoms with Crippen LogP contribution in [0.4, 0.5) is 0 Å². The van der Waals surface area contributed by atoms with Gasteiger partial charge in [-0.1, -0.05) is 37.6 Å². The van der Waals surface area contributed by atoms with E-state index in [9.17, 15) is 9.90 Å². The molecule has 0 spiro atoms. The number of ether oxygens (including phenoxy) is 2. The molecule has 0 aliphatic rings. The molecule has 0 aliphatic carbocycles. The van der Waals surface area contributed by atoms with E-state index in [-0.39, 0.29) is 19.0 Å². The lowest BCUT2D eigenvalue weighted by Crippen LogP contribution is -2.14. The van der Waals surface area contributed by atoms with E-state index >= 15 is 0 Å². The van der Waals surface area contributed by atoms with Crippen molar-refractivity contribution in [2.24, 2.45) is 0 Å². The van der Waals surface area contributed by atoms with Crippen molar-refractivity contribution in [3.63, 3.8) is 0 Å². The third-order valence-electron chi connectivity index (χ3n) is 3.54. The van der Waals surface area contributed by atoms with E-state index in [1.165, 1.54) is 0 Å². The van der Waals surface area contributed by atoms with Gasteiger partial charge in [0.05, 0.1) is 6.10 Å². The molecule has 23 heavy (non-hydrogen) atoms. The molecule has 1 atom stereocenters. The highest BCUT2D eigenvalue weighted by Gasteiger charge is 2.13. The highest BCUT2D eigenvalue weighted by molar-refractivity contribution is 6.10. The van der Waals surface area contributed by atoms with Crippen molar-refractivity contribution in [2.45, 2.75) is 32.8 Å². The van der Waals surface area contributed by atoms with Gasteiger partial charge in [0.25, 0.3) is 0 Å². The number of hydrogen-bond donors (Lipinski definition) is 1. The number of carbonyl (C=O) groups is 1. The molecule has 0 bridgehead atoms. The maximum absolute atomic E-state index is 12.4. The minimum absolute atomic E-state index is 0.0284. The molecule has 124 valence electrons. The fraction of sp³-hybridized carbons (Fsp3) is 0.421. The zero-order chi connectivity index (χ0) is 16.7. The van der Waals surface area contributed by atoms with Gasteiger partial charge in [-0.05, 0) is 30.9 Å². The van der Waals surface area contributed by atoms with Crippen LogP contribution in [0.5, 0.6) is 5.75 Å². The number of ketones is 1. The first-order valence-corrected chi connectivity index (χ1v) is 8.07. The van der Waals surface area contributed by atoms with E-state index in [1.807, 2.05) is 24.3 Å². The Morgan fingerprint density at radius 2 is 1.91 bits per heavy atom. The predicted octanol–water partition coefficient (Wildman–Crippen LogP) is 3.60. The summed E-state index contributed by atoms with van der Waals surface area (Å²) in [5, 5.41) is 11.1. The third-order valence-corrected chi connectivity index (χ3v) is 3.54. The molecule has 0 aromatic heterocycles. The summed E-state index contributed by atoms with van der Waals surface area (Å²) < 4.78 is 11.1. The minimum atomic E-state index is -0.540. The van der Waals surface area contributed by atoms with Gasteiger partial charge in [-0.25, -0.2) is 0 Å². The van der Waals surface area contributed by atoms with Gasteiger partial charge in [0.15, 0.2) is 5.78 Å². The van der Waals surface area contributed by atoms with Gasteiger partial charge in [0, 0.05) is 17.6 Å². The van der Waals surface area contributed by atoms with Gasteiger partial charge in [-0.2, -0.15) is 0 Å². The lowest BCUT2D eigenvalue weighted by Gasteiger charge is -2.13. The fourth-order valence-corrected chi connectivity index (χ4v) is 2.34. The van der Waals surface area contributed by atoms with Crippen molar-refractivity contribution >= 4 is 16.6 Å². The highest BCUT2D eigenvalue weighted by Crippen LogP contribution is 2.29. The lowest BCUT2D eigenvalue weighted by atomic mass is 10.0. The second-order valence-electron chi connectivity index (χ2n) is 5.65. The summed E-state index contributed by atoms with van der Waals surface area (Å²) >= 11 is 0. The van der Waals surface area contributed by atoms with E-state index in [0.29, 0.717) is 17.9 Å². The average Bonchev–Trinajstić information content (AvgIpc) is 2.56. The van der Waals surface area contributed by atoms with Gasteiger partial charge in [-0.15, -0.1) is 0 Å². The fourth-order valence-electron chi connectivity index (χ4n) is 2.34. The normalized spacial score (nSPS) is 12.3. The van der Waals surface area contributed by atoms with Crippen LogP contribution in [0.25, 0.3) is 10.8 Å². The molecule has 0 heterocycles. The molecule has 4 heteroatoms. The van der Waals surface area contributed by atoms with E-state index in [1.54, 1.807) is 19.1 Å². The summed E-state index contributed by atoms with van der Waals surface area (Å²) in [7, 11) is 0. The van der Waals surface area contributed by atoms with Crippen LogP contribution < -0.4 is 4.74 Å². The van der Waals surface area contributed by atoms with Gasteiger partial charge >= 0.3 is 0 Å². The summed E-state index contributed by atoms with van der Waals surface area (Å²) in [4.78, 5) is 12.4. The molecule has 0 fully saturated rings. The number of aliphatic hydroxyl groups excluding tert-OH is 1. The Morgan fingerprint density at radius 1 is 1.17 bits per heavy atom. The van der Waals surface area contributed by atoms with Crippen molar-refractivity contribution in [3.8, 4) is 5.75 Å². The molecule has 1 unspecified atom stereocenters. The Labute approximate surface area is 137 Å². The Balaban J connectivity index is 2.21. The highest BCUT2D eigenvalue weighted by atomic mass is 16.5. The van der Waals surface area contributed by atoms with Crippen molar-refractivity contribution in [2.75, 3.05) is 19.8 Å². The summed E-state index contributed by atoms with van der Waals surface area (Å²) in [5.74, 6) is 0.643. The molecule has 0 radical (unpaired) electrons. The van der Waals surface area contributed by atoms with Crippen LogP contribution in [0.15, 0.2) is 36.4 Å². The standard InChI is InChI=1S/C19H24O4/c1-3-4-11-22-13-18(21)16-9-10-19(23-12-14(2)20)17-8-6-5-7-15(16)17/h5-10,14,20H,3-4,11-13H2,1-2H3. The zero-order valence-corrected chi connectivity index (χ0v) is 13.7. The maximum atomic E-state index is 12.4. The van der Waals surface area contributed by atoms with Gasteiger partial charge in [0.1, 0.15) is 19.0 Å². The monoisotopic (exact) mass is 316 g/mol. The molecule has 0 aliphatic heterocycles. The van der Waals surface area contributed by atoms with E-state index in [4.69, 9.17) is 9.47 Å². The largest absolute Gasteiger partial charge is 0.490 e. The van der Waals surface area contributed by atoms with Gasteiger partial charge < -0.3 is 14.6 Å². The Kier molecular flexibility index (Phi) is 6.56. The quantitative estimate of drug-likeness (QED) is 0.567. The second kappa shape index (κ2) is 8.65. The van der Waals surface area contributed by atoms with Crippen LogP contribution in [0.1, 0.15) is 37.0 Å². The van der Waals surface area contributed by atoms with Crippen LogP contribution in [0, 0.1) is 0 Å². The maximum Gasteiger partial charge on any atom is 0.189 e. The van der Waals surface area contributed by atoms with E-state index in [0.717, 1.165) is 23.6 Å². The van der Waals surface area contributed by atoms with Crippen LogP contribution in [0.3, 0.4) is 0 Å². The number of carbonyl (C=O) groups excluding carboxylic acids is 1. The summed E-state index contributed by atoms with van der Waals surface area (Å²) in [6, 6.07) is 11.2. The number of fused-ring (bicyclic) bond motifs is 1. The minimum Gasteiger partial charge on any atom is -0.490 e. The van der Waals surface area contributed by atoms with E-state index in [2.05, 4.69) is 6.92 Å². The molecular weight excluding hydrogens is 292 g/mol. The molecule has 0 saturated heterocycles. The summed E-state index contributed by atoms with van der Waals surface area (Å²) in [6.45, 7) is 4.68. The third kappa shape index (κ3) is 4.78. The van der Waals surface area contributed by atoms with E-state index < -0.39 is 6.10 Å². The van der Waals surface area contributed by atoms with Gasteiger partial charge in [0.2, 0.25) is 0 Å². The number of Topliss-reactive ketones (excluding diaryl/α,β-unsaturated/α-hetero) is 1. The number of hydrogen-bond acceptors (Lipinski definition) is 4. The van der Waals surface area contributed by atoms with Crippen LogP contribution in [0.2, 0.25) is 0 Å². The molecule has 2 aromatic rings. The van der Waals surface area contributed by atoms with Crippen LogP contribution in [-0.2, 0) is 4.74 Å². The zero-order valence-electron chi connectivity index (χ0n) is 13.7. The van der Waals surface area contributed by atoms with Crippen molar-refractivity contribution in [1.82, 2.24) is 0 Å². The lowest BCUT2D eigenvalue weighted by molar-refractivity contribution is 0.0756. The SMILES string of the molecule is CCCCOCC(=O)c1ccc(OCC(C)O)c2ccccc12. The first-order valence-electron chi connectivity index (χ1n) is 8.07. The molecule has 2 aromatic carbocycles. The second-order valence-corrected chi connectivity index (χ2v) is 5.65.